The van der Waals surface area contributed by atoms with E-state index in [9.17, 15) is 14.4 Å². The minimum Gasteiger partial charge on any atom is -0.480 e. The van der Waals surface area contributed by atoms with E-state index in [0.29, 0.717) is 25.9 Å². The number of aliphatic carboxylic acids is 1. The van der Waals surface area contributed by atoms with E-state index in [1.165, 1.54) is 4.90 Å². The molecule has 0 bridgehead atoms. The highest BCUT2D eigenvalue weighted by Crippen LogP contribution is 2.05. The van der Waals surface area contributed by atoms with Gasteiger partial charge in [-0.3, -0.25) is 14.4 Å². The van der Waals surface area contributed by atoms with Crippen molar-refractivity contribution in [3.05, 3.63) is 0 Å². The largest absolute Gasteiger partial charge is 0.480 e. The van der Waals surface area contributed by atoms with Gasteiger partial charge in [0.15, 0.2) is 0 Å². The third kappa shape index (κ3) is 9.35. The summed E-state index contributed by atoms with van der Waals surface area (Å²) in [5.41, 5.74) is 0. The summed E-state index contributed by atoms with van der Waals surface area (Å²) in [4.78, 5) is 35.4. The van der Waals surface area contributed by atoms with E-state index in [0.717, 1.165) is 6.42 Å². The molecule has 0 aliphatic carbocycles. The second kappa shape index (κ2) is 10.2. The van der Waals surface area contributed by atoms with Gasteiger partial charge in [0.2, 0.25) is 11.8 Å². The molecule has 0 heterocycles. The average Bonchev–Trinajstić information content (AvgIpc) is 2.34. The molecule has 0 unspecified atom stereocenters. The van der Waals surface area contributed by atoms with Gasteiger partial charge in [-0.1, -0.05) is 20.8 Å². The molecule has 0 aliphatic heterocycles. The molecule has 6 heteroatoms. The maximum atomic E-state index is 11.9. The minimum atomic E-state index is -1.01. The van der Waals surface area contributed by atoms with E-state index in [4.69, 9.17) is 5.11 Å². The van der Waals surface area contributed by atoms with Crippen LogP contribution in [0.1, 0.15) is 46.5 Å². The Kier molecular flexibility index (Phi) is 9.41. The lowest BCUT2D eigenvalue weighted by Gasteiger charge is -2.22. The number of carbonyl (C=O) groups is 3. The Labute approximate surface area is 120 Å². The molecule has 0 rings (SSSR count). The molecule has 6 nitrogen and oxygen atoms in total. The molecule has 0 fully saturated rings. The van der Waals surface area contributed by atoms with E-state index >= 15 is 0 Å². The van der Waals surface area contributed by atoms with Crippen molar-refractivity contribution in [3.8, 4) is 0 Å². The van der Waals surface area contributed by atoms with Crippen LogP contribution < -0.4 is 5.32 Å². The van der Waals surface area contributed by atoms with E-state index in [1.54, 1.807) is 0 Å². The minimum absolute atomic E-state index is 0.0618. The SMILES string of the molecule is CCCNC(=O)CCCC(=O)N(CC(=O)O)CC(C)C. The van der Waals surface area contributed by atoms with E-state index < -0.39 is 5.97 Å². The Hall–Kier alpha value is -1.59. The summed E-state index contributed by atoms with van der Waals surface area (Å²) in [5, 5.41) is 11.5. The van der Waals surface area contributed by atoms with Crippen LogP contribution in [0.2, 0.25) is 0 Å². The number of nitrogens with zero attached hydrogens (tertiary/aromatic N) is 1. The average molecular weight is 286 g/mol. The van der Waals surface area contributed by atoms with Crippen molar-refractivity contribution in [1.82, 2.24) is 10.2 Å². The Balaban J connectivity index is 4.12. The van der Waals surface area contributed by atoms with Crippen LogP contribution in [0, 0.1) is 5.92 Å². The third-order valence-electron chi connectivity index (χ3n) is 2.63. The first-order valence-corrected chi connectivity index (χ1v) is 7.13. The number of hydrogen-bond donors (Lipinski definition) is 2. The molecular formula is C14H26N2O4. The molecule has 0 saturated carbocycles. The summed E-state index contributed by atoms with van der Waals surface area (Å²) in [6.07, 6.45) is 1.84. The fourth-order valence-electron chi connectivity index (χ4n) is 1.77. The van der Waals surface area contributed by atoms with Crippen molar-refractivity contribution in [3.63, 3.8) is 0 Å². The van der Waals surface area contributed by atoms with Crippen LogP contribution in [0.3, 0.4) is 0 Å². The number of nitrogens with one attached hydrogen (secondary N) is 1. The quantitative estimate of drug-likeness (QED) is 0.633. The summed E-state index contributed by atoms with van der Waals surface area (Å²) in [5.74, 6) is -1.07. The molecule has 2 amide bonds. The van der Waals surface area contributed by atoms with Crippen molar-refractivity contribution in [2.75, 3.05) is 19.6 Å². The van der Waals surface area contributed by atoms with Crippen LogP contribution >= 0.6 is 0 Å². The summed E-state index contributed by atoms with van der Waals surface area (Å²) in [6, 6.07) is 0. The van der Waals surface area contributed by atoms with Gasteiger partial charge in [0.1, 0.15) is 6.54 Å². The van der Waals surface area contributed by atoms with Gasteiger partial charge in [-0.25, -0.2) is 0 Å². The first kappa shape index (κ1) is 18.4. The zero-order chi connectivity index (χ0) is 15.5. The first-order valence-electron chi connectivity index (χ1n) is 7.13. The molecule has 116 valence electrons. The van der Waals surface area contributed by atoms with E-state index in [2.05, 4.69) is 5.32 Å². The van der Waals surface area contributed by atoms with Crippen LogP contribution in [0.5, 0.6) is 0 Å². The van der Waals surface area contributed by atoms with Gasteiger partial charge in [-0.15, -0.1) is 0 Å². The standard InChI is InChI=1S/C14H26N2O4/c1-4-8-15-12(17)6-5-7-13(18)16(9-11(2)3)10-14(19)20/h11H,4-10H2,1-3H3,(H,15,17)(H,19,20). The number of hydrogen-bond acceptors (Lipinski definition) is 3. The first-order chi connectivity index (χ1) is 9.36. The van der Waals surface area contributed by atoms with Crippen molar-refractivity contribution in [2.24, 2.45) is 5.92 Å². The number of amides is 2. The van der Waals surface area contributed by atoms with Gasteiger partial charge < -0.3 is 15.3 Å². The normalized spacial score (nSPS) is 10.4. The molecule has 0 saturated heterocycles. The Morgan fingerprint density at radius 1 is 1.20 bits per heavy atom. The molecule has 0 aromatic carbocycles. The molecular weight excluding hydrogens is 260 g/mol. The van der Waals surface area contributed by atoms with Gasteiger partial charge in [-0.2, -0.15) is 0 Å². The highest BCUT2D eigenvalue weighted by Gasteiger charge is 2.17. The molecule has 20 heavy (non-hydrogen) atoms. The third-order valence-corrected chi connectivity index (χ3v) is 2.63. The number of carboxylic acid groups (broad SMARTS) is 1. The molecule has 0 spiro atoms. The highest BCUT2D eigenvalue weighted by atomic mass is 16.4. The summed E-state index contributed by atoms with van der Waals surface area (Å²) >= 11 is 0. The smallest absolute Gasteiger partial charge is 0.323 e. The Morgan fingerprint density at radius 3 is 2.35 bits per heavy atom. The number of carboxylic acids is 1. The molecule has 0 aromatic rings. The van der Waals surface area contributed by atoms with Crippen LogP contribution in [0.15, 0.2) is 0 Å². The lowest BCUT2D eigenvalue weighted by atomic mass is 10.1. The Bertz CT molecular complexity index is 329. The van der Waals surface area contributed by atoms with Gasteiger partial charge >= 0.3 is 5.97 Å². The monoisotopic (exact) mass is 286 g/mol. The van der Waals surface area contributed by atoms with Gasteiger partial charge in [0.25, 0.3) is 0 Å². The van der Waals surface area contributed by atoms with Crippen LogP contribution in [-0.4, -0.2) is 47.4 Å². The van der Waals surface area contributed by atoms with Gasteiger partial charge in [0.05, 0.1) is 0 Å². The van der Waals surface area contributed by atoms with Crippen molar-refractivity contribution in [2.45, 2.75) is 46.5 Å². The second-order valence-corrected chi connectivity index (χ2v) is 5.27. The van der Waals surface area contributed by atoms with E-state index in [-0.39, 0.29) is 30.7 Å². The second-order valence-electron chi connectivity index (χ2n) is 5.27. The van der Waals surface area contributed by atoms with Crippen molar-refractivity contribution < 1.29 is 19.5 Å². The maximum Gasteiger partial charge on any atom is 0.323 e. The van der Waals surface area contributed by atoms with Gasteiger partial charge in [0, 0.05) is 25.9 Å². The Morgan fingerprint density at radius 2 is 1.85 bits per heavy atom. The fourth-order valence-corrected chi connectivity index (χ4v) is 1.77. The molecule has 0 aliphatic rings. The molecule has 0 radical (unpaired) electrons. The topological polar surface area (TPSA) is 86.7 Å². The highest BCUT2D eigenvalue weighted by molar-refractivity contribution is 5.82. The summed E-state index contributed by atoms with van der Waals surface area (Å²) in [6.45, 7) is 6.62. The fraction of sp³-hybridized carbons (Fsp3) is 0.786. The maximum absolute atomic E-state index is 11.9. The lowest BCUT2D eigenvalue weighted by Crippen LogP contribution is -2.38. The summed E-state index contributed by atoms with van der Waals surface area (Å²) in [7, 11) is 0. The molecule has 2 N–H and O–H groups in total. The number of rotatable bonds is 10. The predicted molar refractivity (Wildman–Crippen MR) is 76.2 cm³/mol. The molecule has 0 aromatic heterocycles. The zero-order valence-corrected chi connectivity index (χ0v) is 12.6. The lowest BCUT2D eigenvalue weighted by molar-refractivity contribution is -0.145. The van der Waals surface area contributed by atoms with Crippen LogP contribution in [0.4, 0.5) is 0 Å². The van der Waals surface area contributed by atoms with Crippen molar-refractivity contribution in [1.29, 1.82) is 0 Å². The van der Waals surface area contributed by atoms with Crippen LogP contribution in [-0.2, 0) is 14.4 Å². The number of carbonyl (C=O) groups excluding carboxylic acids is 2. The van der Waals surface area contributed by atoms with Gasteiger partial charge in [-0.05, 0) is 18.8 Å². The van der Waals surface area contributed by atoms with E-state index in [1.807, 2.05) is 20.8 Å². The molecule has 0 atom stereocenters. The predicted octanol–water partition coefficient (Wildman–Crippen LogP) is 1.25. The van der Waals surface area contributed by atoms with Crippen LogP contribution in [0.25, 0.3) is 0 Å². The zero-order valence-electron chi connectivity index (χ0n) is 12.6. The summed E-state index contributed by atoms with van der Waals surface area (Å²) < 4.78 is 0. The van der Waals surface area contributed by atoms with Crippen molar-refractivity contribution >= 4 is 17.8 Å².